The Morgan fingerprint density at radius 2 is 1.81 bits per heavy atom. The van der Waals surface area contributed by atoms with Crippen molar-refractivity contribution in [3.8, 4) is 0 Å². The molecule has 0 aliphatic heterocycles. The van der Waals surface area contributed by atoms with Crippen LogP contribution in [0.4, 0.5) is 0 Å². The molecule has 0 amide bonds. The smallest absolute Gasteiger partial charge is 0.344 e. The Kier molecular flexibility index (Phi) is 7.20. The van der Waals surface area contributed by atoms with Crippen molar-refractivity contribution in [2.75, 3.05) is 33.9 Å². The fraction of sp³-hybridized carbons (Fsp3) is 0.636. The lowest BCUT2D eigenvalue weighted by atomic mass is 10.2. The molecule has 0 aromatic rings. The molecule has 0 aromatic carbocycles. The molecule has 0 saturated carbocycles. The summed E-state index contributed by atoms with van der Waals surface area (Å²) < 4.78 is 9.74. The van der Waals surface area contributed by atoms with E-state index in [1.807, 2.05) is 0 Å². The van der Waals surface area contributed by atoms with Crippen molar-refractivity contribution in [3.05, 3.63) is 11.8 Å². The second kappa shape index (κ2) is 7.87. The predicted octanol–water partition coefficient (Wildman–Crippen LogP) is 0.601. The number of hydrogen-bond donors (Lipinski definition) is 0. The molecule has 0 radical (unpaired) electrons. The number of esters is 1. The molecule has 92 valence electrons. The molecule has 0 N–H and O–H groups in total. The van der Waals surface area contributed by atoms with Crippen molar-refractivity contribution >= 4 is 11.8 Å². The monoisotopic (exact) mass is 229 g/mol. The van der Waals surface area contributed by atoms with Crippen LogP contribution in [0, 0.1) is 0 Å². The maximum absolute atomic E-state index is 11.7. The van der Waals surface area contributed by atoms with Crippen molar-refractivity contribution in [2.45, 2.75) is 13.8 Å². The first-order valence-electron chi connectivity index (χ1n) is 5.19. The van der Waals surface area contributed by atoms with Gasteiger partial charge in [0.1, 0.15) is 11.8 Å². The van der Waals surface area contributed by atoms with Crippen LogP contribution in [0.1, 0.15) is 13.8 Å². The Morgan fingerprint density at radius 1 is 1.19 bits per heavy atom. The van der Waals surface area contributed by atoms with Crippen LogP contribution in [-0.4, -0.2) is 50.5 Å². The zero-order valence-electron chi connectivity index (χ0n) is 10.3. The van der Waals surface area contributed by atoms with Gasteiger partial charge in [0.05, 0.1) is 19.8 Å². The summed E-state index contributed by atoms with van der Waals surface area (Å²) in [7, 11) is 3.50. The SMILES string of the molecule is CCO/C=C(\C(=O)CN(C)C)C(=O)OCC. The minimum absolute atomic E-state index is 0.0441. The van der Waals surface area contributed by atoms with E-state index in [1.165, 1.54) is 6.26 Å². The van der Waals surface area contributed by atoms with Gasteiger partial charge in [-0.2, -0.15) is 0 Å². The maximum Gasteiger partial charge on any atom is 0.344 e. The second-order valence-corrected chi connectivity index (χ2v) is 3.37. The number of carbonyl (C=O) groups excluding carboxylic acids is 2. The van der Waals surface area contributed by atoms with E-state index < -0.39 is 5.97 Å². The average molecular weight is 229 g/mol. The maximum atomic E-state index is 11.7. The van der Waals surface area contributed by atoms with Crippen molar-refractivity contribution in [1.82, 2.24) is 4.90 Å². The molecule has 0 bridgehead atoms. The van der Waals surface area contributed by atoms with Crippen molar-refractivity contribution < 1.29 is 19.1 Å². The molecule has 0 atom stereocenters. The molecule has 0 fully saturated rings. The van der Waals surface area contributed by atoms with Gasteiger partial charge in [0.2, 0.25) is 0 Å². The lowest BCUT2D eigenvalue weighted by molar-refractivity contribution is -0.140. The van der Waals surface area contributed by atoms with Crippen LogP contribution in [-0.2, 0) is 19.1 Å². The van der Waals surface area contributed by atoms with Crippen LogP contribution >= 0.6 is 0 Å². The van der Waals surface area contributed by atoms with E-state index in [9.17, 15) is 9.59 Å². The summed E-state index contributed by atoms with van der Waals surface area (Å²) in [6, 6.07) is 0. The Balaban J connectivity index is 4.66. The Labute approximate surface area is 96.0 Å². The number of ketones is 1. The highest BCUT2D eigenvalue weighted by atomic mass is 16.5. The molecule has 5 nitrogen and oxygen atoms in total. The van der Waals surface area contributed by atoms with Gasteiger partial charge in [0.25, 0.3) is 0 Å². The van der Waals surface area contributed by atoms with Gasteiger partial charge in [-0.3, -0.25) is 4.79 Å². The minimum atomic E-state index is -0.636. The van der Waals surface area contributed by atoms with E-state index in [-0.39, 0.29) is 24.5 Å². The van der Waals surface area contributed by atoms with Gasteiger partial charge in [0, 0.05) is 0 Å². The number of likely N-dealkylation sites (N-methyl/N-ethyl adjacent to an activating group) is 1. The topological polar surface area (TPSA) is 55.8 Å². The standard InChI is InChI=1S/C11H19NO4/c1-5-15-8-9(11(14)16-6-2)10(13)7-12(3)4/h8H,5-7H2,1-4H3/b9-8+. The van der Waals surface area contributed by atoms with Gasteiger partial charge < -0.3 is 14.4 Å². The van der Waals surface area contributed by atoms with Gasteiger partial charge in [-0.15, -0.1) is 0 Å². The largest absolute Gasteiger partial charge is 0.500 e. The second-order valence-electron chi connectivity index (χ2n) is 3.37. The lowest BCUT2D eigenvalue weighted by Gasteiger charge is -2.10. The highest BCUT2D eigenvalue weighted by molar-refractivity contribution is 6.17. The van der Waals surface area contributed by atoms with E-state index in [2.05, 4.69) is 0 Å². The molecular formula is C11H19NO4. The number of rotatable bonds is 7. The summed E-state index contributed by atoms with van der Waals surface area (Å²) in [5.74, 6) is -0.945. The first-order chi connectivity index (χ1) is 7.52. The molecule has 0 unspecified atom stereocenters. The van der Waals surface area contributed by atoms with Crippen LogP contribution in [0.2, 0.25) is 0 Å². The molecular weight excluding hydrogens is 210 g/mol. The molecule has 0 aromatic heterocycles. The van der Waals surface area contributed by atoms with Crippen molar-refractivity contribution in [2.24, 2.45) is 0 Å². The number of carbonyl (C=O) groups is 2. The van der Waals surface area contributed by atoms with E-state index >= 15 is 0 Å². The van der Waals surface area contributed by atoms with Gasteiger partial charge in [-0.25, -0.2) is 4.79 Å². The number of ether oxygens (including phenoxy) is 2. The first-order valence-corrected chi connectivity index (χ1v) is 5.19. The van der Waals surface area contributed by atoms with Crippen LogP contribution in [0.5, 0.6) is 0 Å². The fourth-order valence-electron chi connectivity index (χ4n) is 0.976. The van der Waals surface area contributed by atoms with Crippen LogP contribution in [0.3, 0.4) is 0 Å². The third kappa shape index (κ3) is 5.50. The van der Waals surface area contributed by atoms with E-state index in [0.717, 1.165) is 0 Å². The Bertz CT molecular complexity index is 271. The van der Waals surface area contributed by atoms with E-state index in [4.69, 9.17) is 9.47 Å². The Hall–Kier alpha value is -1.36. The molecule has 0 aliphatic rings. The van der Waals surface area contributed by atoms with Crippen LogP contribution < -0.4 is 0 Å². The molecule has 0 aliphatic carbocycles. The highest BCUT2D eigenvalue weighted by Crippen LogP contribution is 2.02. The number of Topliss-reactive ketones (excluding diaryl/α,β-unsaturated/α-hetero) is 1. The van der Waals surface area contributed by atoms with Gasteiger partial charge in [0.15, 0.2) is 5.78 Å². The predicted molar refractivity (Wildman–Crippen MR) is 59.9 cm³/mol. The van der Waals surface area contributed by atoms with Gasteiger partial charge in [-0.1, -0.05) is 0 Å². The molecule has 0 heterocycles. The number of hydrogen-bond acceptors (Lipinski definition) is 5. The summed E-state index contributed by atoms with van der Waals surface area (Å²) in [6.07, 6.45) is 1.17. The molecule has 0 saturated heterocycles. The quantitative estimate of drug-likeness (QED) is 0.210. The van der Waals surface area contributed by atoms with E-state index in [1.54, 1.807) is 32.8 Å². The van der Waals surface area contributed by atoms with Crippen LogP contribution in [0.25, 0.3) is 0 Å². The molecule has 16 heavy (non-hydrogen) atoms. The molecule has 5 heteroatoms. The first kappa shape index (κ1) is 14.6. The number of nitrogens with zero attached hydrogens (tertiary/aromatic N) is 1. The summed E-state index contributed by atoms with van der Waals surface area (Å²) in [6.45, 7) is 4.25. The normalized spacial score (nSPS) is 11.4. The zero-order chi connectivity index (χ0) is 12.6. The lowest BCUT2D eigenvalue weighted by Crippen LogP contribution is -2.27. The van der Waals surface area contributed by atoms with Gasteiger partial charge >= 0.3 is 5.97 Å². The third-order valence-electron chi connectivity index (χ3n) is 1.62. The summed E-state index contributed by atoms with van der Waals surface area (Å²) in [4.78, 5) is 24.8. The van der Waals surface area contributed by atoms with Crippen molar-refractivity contribution in [1.29, 1.82) is 0 Å². The van der Waals surface area contributed by atoms with Gasteiger partial charge in [-0.05, 0) is 27.9 Å². The van der Waals surface area contributed by atoms with Crippen LogP contribution in [0.15, 0.2) is 11.8 Å². The van der Waals surface area contributed by atoms with E-state index in [0.29, 0.717) is 6.61 Å². The fourth-order valence-corrected chi connectivity index (χ4v) is 0.976. The molecule has 0 spiro atoms. The molecule has 0 rings (SSSR count). The minimum Gasteiger partial charge on any atom is -0.500 e. The zero-order valence-corrected chi connectivity index (χ0v) is 10.3. The highest BCUT2D eigenvalue weighted by Gasteiger charge is 2.20. The summed E-state index contributed by atoms with van der Waals surface area (Å²) >= 11 is 0. The average Bonchev–Trinajstić information content (AvgIpc) is 2.17. The van der Waals surface area contributed by atoms with Crippen molar-refractivity contribution in [3.63, 3.8) is 0 Å². The Morgan fingerprint density at radius 3 is 2.25 bits per heavy atom. The summed E-state index contributed by atoms with van der Waals surface area (Å²) in [5, 5.41) is 0. The summed E-state index contributed by atoms with van der Waals surface area (Å²) in [5.41, 5.74) is -0.0441. The third-order valence-corrected chi connectivity index (χ3v) is 1.62.